The monoisotopic (exact) mass is 249 g/mol. The van der Waals surface area contributed by atoms with Gasteiger partial charge in [0.15, 0.2) is 0 Å². The van der Waals surface area contributed by atoms with E-state index in [9.17, 15) is 5.11 Å². The molecule has 0 aliphatic carbocycles. The first-order chi connectivity index (χ1) is 8.30. The summed E-state index contributed by atoms with van der Waals surface area (Å²) in [4.78, 5) is 0. The normalized spacial score (nSPS) is 12.8. The molecule has 0 radical (unpaired) electrons. The Morgan fingerprint density at radius 3 is 2.06 bits per heavy atom. The van der Waals surface area contributed by atoms with Gasteiger partial charge in [-0.25, -0.2) is 0 Å². The quantitative estimate of drug-likeness (QED) is 0.812. The second kappa shape index (κ2) is 5.85. The smallest absolute Gasteiger partial charge is 0.0607 e. The van der Waals surface area contributed by atoms with Crippen molar-refractivity contribution in [3.8, 4) is 0 Å². The SMILES string of the molecule is CCc1ccc(C(C)(C)CNC(C)(C)CO)cc1. The molecule has 102 valence electrons. The van der Waals surface area contributed by atoms with Gasteiger partial charge in [-0.15, -0.1) is 0 Å². The predicted molar refractivity (Wildman–Crippen MR) is 78.0 cm³/mol. The third-order valence-electron chi connectivity index (χ3n) is 3.55. The molecule has 0 aliphatic rings. The number of nitrogens with one attached hydrogen (secondary N) is 1. The van der Waals surface area contributed by atoms with Crippen molar-refractivity contribution in [3.63, 3.8) is 0 Å². The van der Waals surface area contributed by atoms with Crippen LogP contribution in [0.15, 0.2) is 24.3 Å². The second-order valence-corrected chi connectivity index (χ2v) is 6.33. The Morgan fingerprint density at radius 1 is 1.06 bits per heavy atom. The summed E-state index contributed by atoms with van der Waals surface area (Å²) < 4.78 is 0. The van der Waals surface area contributed by atoms with Crippen molar-refractivity contribution in [1.82, 2.24) is 5.32 Å². The van der Waals surface area contributed by atoms with Crippen LogP contribution in [-0.2, 0) is 11.8 Å². The zero-order chi connectivity index (χ0) is 13.8. The molecule has 1 aromatic carbocycles. The van der Waals surface area contributed by atoms with E-state index >= 15 is 0 Å². The van der Waals surface area contributed by atoms with E-state index in [0.29, 0.717) is 0 Å². The number of hydrogen-bond acceptors (Lipinski definition) is 2. The molecule has 0 unspecified atom stereocenters. The fourth-order valence-corrected chi connectivity index (χ4v) is 1.81. The Labute approximate surface area is 111 Å². The fourth-order valence-electron chi connectivity index (χ4n) is 1.81. The highest BCUT2D eigenvalue weighted by molar-refractivity contribution is 5.28. The molecule has 18 heavy (non-hydrogen) atoms. The number of aliphatic hydroxyl groups is 1. The van der Waals surface area contributed by atoms with Gasteiger partial charge in [-0.2, -0.15) is 0 Å². The van der Waals surface area contributed by atoms with Crippen LogP contribution in [0, 0.1) is 0 Å². The molecule has 0 amide bonds. The minimum Gasteiger partial charge on any atom is -0.394 e. The number of benzene rings is 1. The average Bonchev–Trinajstić information content (AvgIpc) is 2.37. The van der Waals surface area contributed by atoms with Gasteiger partial charge >= 0.3 is 0 Å². The van der Waals surface area contributed by atoms with Gasteiger partial charge in [-0.05, 0) is 31.4 Å². The van der Waals surface area contributed by atoms with Gasteiger partial charge in [0.05, 0.1) is 6.61 Å². The first-order valence-electron chi connectivity index (χ1n) is 6.76. The molecule has 1 rings (SSSR count). The standard InChI is InChI=1S/C16H27NO/c1-6-13-7-9-14(10-8-13)15(2,3)11-17-16(4,5)12-18/h7-10,17-18H,6,11-12H2,1-5H3. The number of hydrogen-bond donors (Lipinski definition) is 2. The van der Waals surface area contributed by atoms with Crippen LogP contribution in [0.5, 0.6) is 0 Å². The van der Waals surface area contributed by atoms with Crippen LogP contribution in [-0.4, -0.2) is 23.8 Å². The van der Waals surface area contributed by atoms with E-state index < -0.39 is 0 Å². The van der Waals surface area contributed by atoms with Gasteiger partial charge in [0.2, 0.25) is 0 Å². The minimum absolute atomic E-state index is 0.0682. The number of rotatable bonds is 6. The van der Waals surface area contributed by atoms with Gasteiger partial charge in [-0.1, -0.05) is 45.0 Å². The summed E-state index contributed by atoms with van der Waals surface area (Å²) in [5, 5.41) is 12.7. The first kappa shape index (κ1) is 15.2. The first-order valence-corrected chi connectivity index (χ1v) is 6.76. The van der Waals surface area contributed by atoms with Crippen molar-refractivity contribution < 1.29 is 5.11 Å². The lowest BCUT2D eigenvalue weighted by Gasteiger charge is -2.32. The lowest BCUT2D eigenvalue weighted by Crippen LogP contribution is -2.48. The minimum atomic E-state index is -0.222. The van der Waals surface area contributed by atoms with E-state index in [2.05, 4.69) is 50.4 Å². The Balaban J connectivity index is 2.72. The molecule has 0 aliphatic heterocycles. The van der Waals surface area contributed by atoms with E-state index in [1.807, 2.05) is 13.8 Å². The molecule has 0 atom stereocenters. The maximum Gasteiger partial charge on any atom is 0.0607 e. The van der Waals surface area contributed by atoms with Gasteiger partial charge in [0.1, 0.15) is 0 Å². The Kier molecular flexibility index (Phi) is 4.94. The van der Waals surface area contributed by atoms with E-state index in [0.717, 1.165) is 13.0 Å². The molecule has 0 fully saturated rings. The largest absolute Gasteiger partial charge is 0.394 e. The Hall–Kier alpha value is -0.860. The summed E-state index contributed by atoms with van der Waals surface area (Å²) in [5.74, 6) is 0. The van der Waals surface area contributed by atoms with Gasteiger partial charge in [0, 0.05) is 17.5 Å². The number of aryl methyl sites for hydroxylation is 1. The summed E-state index contributed by atoms with van der Waals surface area (Å²) in [5.41, 5.74) is 2.55. The zero-order valence-electron chi connectivity index (χ0n) is 12.4. The summed E-state index contributed by atoms with van der Waals surface area (Å²) >= 11 is 0. The summed E-state index contributed by atoms with van der Waals surface area (Å²) in [7, 11) is 0. The van der Waals surface area contributed by atoms with Gasteiger partial charge in [0.25, 0.3) is 0 Å². The van der Waals surface area contributed by atoms with Crippen LogP contribution in [0.2, 0.25) is 0 Å². The van der Waals surface area contributed by atoms with Crippen molar-refractivity contribution in [2.24, 2.45) is 0 Å². The van der Waals surface area contributed by atoms with Crippen LogP contribution in [0.4, 0.5) is 0 Å². The van der Waals surface area contributed by atoms with Crippen LogP contribution in [0.25, 0.3) is 0 Å². The zero-order valence-corrected chi connectivity index (χ0v) is 12.4. The van der Waals surface area contributed by atoms with Crippen molar-refractivity contribution in [3.05, 3.63) is 35.4 Å². The van der Waals surface area contributed by atoms with Crippen molar-refractivity contribution in [2.75, 3.05) is 13.2 Å². The van der Waals surface area contributed by atoms with E-state index in [4.69, 9.17) is 0 Å². The Morgan fingerprint density at radius 2 is 1.61 bits per heavy atom. The van der Waals surface area contributed by atoms with E-state index in [1.54, 1.807) is 0 Å². The lowest BCUT2D eigenvalue weighted by atomic mass is 9.83. The van der Waals surface area contributed by atoms with Crippen molar-refractivity contribution in [1.29, 1.82) is 0 Å². The fraction of sp³-hybridized carbons (Fsp3) is 0.625. The van der Waals surface area contributed by atoms with Crippen LogP contribution < -0.4 is 5.32 Å². The average molecular weight is 249 g/mol. The molecule has 0 saturated carbocycles. The van der Waals surface area contributed by atoms with Crippen molar-refractivity contribution >= 4 is 0 Å². The summed E-state index contributed by atoms with van der Waals surface area (Å²) in [6.07, 6.45) is 1.08. The number of aliphatic hydroxyl groups excluding tert-OH is 1. The molecular weight excluding hydrogens is 222 g/mol. The molecule has 0 aromatic heterocycles. The van der Waals surface area contributed by atoms with Crippen molar-refractivity contribution in [2.45, 2.75) is 52.0 Å². The molecule has 0 heterocycles. The topological polar surface area (TPSA) is 32.3 Å². The van der Waals surface area contributed by atoms with Crippen LogP contribution in [0.3, 0.4) is 0 Å². The molecule has 2 N–H and O–H groups in total. The molecule has 2 heteroatoms. The Bertz CT molecular complexity index is 365. The molecule has 0 bridgehead atoms. The van der Waals surface area contributed by atoms with E-state index in [1.165, 1.54) is 11.1 Å². The maximum atomic E-state index is 9.27. The maximum absolute atomic E-state index is 9.27. The molecule has 0 saturated heterocycles. The predicted octanol–water partition coefficient (Wildman–Crippen LogP) is 2.89. The van der Waals surface area contributed by atoms with Crippen LogP contribution >= 0.6 is 0 Å². The van der Waals surface area contributed by atoms with Crippen LogP contribution in [0.1, 0.15) is 45.7 Å². The van der Waals surface area contributed by atoms with Gasteiger partial charge < -0.3 is 10.4 Å². The highest BCUT2D eigenvalue weighted by atomic mass is 16.3. The summed E-state index contributed by atoms with van der Waals surface area (Å²) in [6, 6.07) is 8.83. The molecular formula is C16H27NO. The van der Waals surface area contributed by atoms with E-state index in [-0.39, 0.29) is 17.6 Å². The molecule has 0 spiro atoms. The lowest BCUT2D eigenvalue weighted by molar-refractivity contribution is 0.181. The molecule has 2 nitrogen and oxygen atoms in total. The summed E-state index contributed by atoms with van der Waals surface area (Å²) in [6.45, 7) is 11.7. The third-order valence-corrected chi connectivity index (χ3v) is 3.55. The van der Waals surface area contributed by atoms with Gasteiger partial charge in [-0.3, -0.25) is 0 Å². The third kappa shape index (κ3) is 4.11. The highest BCUT2D eigenvalue weighted by Crippen LogP contribution is 2.23. The second-order valence-electron chi connectivity index (χ2n) is 6.33. The highest BCUT2D eigenvalue weighted by Gasteiger charge is 2.24. The molecule has 1 aromatic rings.